The maximum Gasteiger partial charge on any atom is 0.231 e. The Bertz CT molecular complexity index is 1740. The summed E-state index contributed by atoms with van der Waals surface area (Å²) in [7, 11) is 1.72. The highest BCUT2D eigenvalue weighted by atomic mass is 16.7. The van der Waals surface area contributed by atoms with Gasteiger partial charge in [-0.05, 0) is 47.5 Å². The first-order valence-corrected chi connectivity index (χ1v) is 12.6. The fourth-order valence-corrected chi connectivity index (χ4v) is 5.85. The van der Waals surface area contributed by atoms with Gasteiger partial charge in [-0.15, -0.1) is 0 Å². The molecule has 5 heteroatoms. The van der Waals surface area contributed by atoms with Gasteiger partial charge in [-0.1, -0.05) is 72.8 Å². The van der Waals surface area contributed by atoms with Crippen molar-refractivity contribution < 1.29 is 14.2 Å². The summed E-state index contributed by atoms with van der Waals surface area (Å²) in [5.41, 5.74) is 6.60. The lowest BCUT2D eigenvalue weighted by Gasteiger charge is -2.36. The first kappa shape index (κ1) is 22.3. The highest BCUT2D eigenvalue weighted by Crippen LogP contribution is 2.53. The molecule has 6 aromatic rings. The average molecular weight is 499 g/mol. The van der Waals surface area contributed by atoms with Crippen molar-refractivity contribution in [2.45, 2.75) is 5.41 Å². The Balaban J connectivity index is 1.68. The van der Waals surface area contributed by atoms with E-state index in [0.717, 1.165) is 61.8 Å². The molecule has 2 aromatic heterocycles. The maximum absolute atomic E-state index is 6.02. The van der Waals surface area contributed by atoms with Crippen molar-refractivity contribution in [2.75, 3.05) is 13.9 Å². The van der Waals surface area contributed by atoms with Crippen molar-refractivity contribution in [3.05, 3.63) is 138 Å². The zero-order valence-electron chi connectivity index (χ0n) is 20.9. The molecule has 0 spiro atoms. The van der Waals surface area contributed by atoms with Gasteiger partial charge in [-0.3, -0.25) is 0 Å². The van der Waals surface area contributed by atoms with E-state index < -0.39 is 5.41 Å². The van der Waals surface area contributed by atoms with Crippen molar-refractivity contribution in [1.29, 1.82) is 0 Å². The second-order valence-corrected chi connectivity index (χ2v) is 9.39. The van der Waals surface area contributed by atoms with E-state index >= 15 is 0 Å². The zero-order chi connectivity index (χ0) is 25.5. The van der Waals surface area contributed by atoms with Crippen LogP contribution in [-0.4, -0.2) is 23.9 Å². The molecule has 7 rings (SSSR count). The second kappa shape index (κ2) is 8.89. The lowest BCUT2D eigenvalue weighted by Crippen LogP contribution is -2.33. The molecule has 2 N–H and O–H groups in total. The van der Waals surface area contributed by atoms with Gasteiger partial charge in [-0.25, -0.2) is 0 Å². The summed E-state index contributed by atoms with van der Waals surface area (Å²) in [6.07, 6.45) is 1.97. The number of H-pyrrole nitrogens is 2. The van der Waals surface area contributed by atoms with E-state index in [9.17, 15) is 0 Å². The number of hydrogen-bond donors (Lipinski definition) is 2. The molecule has 1 aliphatic heterocycles. The summed E-state index contributed by atoms with van der Waals surface area (Å²) in [4.78, 5) is 7.43. The van der Waals surface area contributed by atoms with Crippen molar-refractivity contribution >= 4 is 10.9 Å². The summed E-state index contributed by atoms with van der Waals surface area (Å²) in [5.74, 6) is 2.26. The predicted molar refractivity (Wildman–Crippen MR) is 149 cm³/mol. The Labute approximate surface area is 220 Å². The molecule has 0 bridgehead atoms. The predicted octanol–water partition coefficient (Wildman–Crippen LogP) is 7.28. The minimum Gasteiger partial charge on any atom is -0.496 e. The lowest BCUT2D eigenvalue weighted by atomic mass is 9.67. The van der Waals surface area contributed by atoms with E-state index in [0.29, 0.717) is 0 Å². The largest absolute Gasteiger partial charge is 0.496 e. The highest BCUT2D eigenvalue weighted by Gasteiger charge is 2.45. The quantitative estimate of drug-likeness (QED) is 0.254. The number of nitrogens with one attached hydrogen (secondary N) is 2. The molecular weight excluding hydrogens is 472 g/mol. The van der Waals surface area contributed by atoms with Gasteiger partial charge in [0.2, 0.25) is 6.79 Å². The van der Waals surface area contributed by atoms with E-state index in [-0.39, 0.29) is 6.79 Å². The van der Waals surface area contributed by atoms with E-state index in [4.69, 9.17) is 14.2 Å². The zero-order valence-corrected chi connectivity index (χ0v) is 20.9. The van der Waals surface area contributed by atoms with Crippen LogP contribution in [0.5, 0.6) is 17.2 Å². The van der Waals surface area contributed by atoms with Crippen molar-refractivity contribution in [2.24, 2.45) is 0 Å². The van der Waals surface area contributed by atoms with Gasteiger partial charge in [-0.2, -0.15) is 0 Å². The van der Waals surface area contributed by atoms with Crippen molar-refractivity contribution in [1.82, 2.24) is 9.97 Å². The number of fused-ring (bicyclic) bond motifs is 2. The van der Waals surface area contributed by atoms with Gasteiger partial charge in [0, 0.05) is 39.6 Å². The van der Waals surface area contributed by atoms with Gasteiger partial charge in [0.05, 0.1) is 7.11 Å². The van der Waals surface area contributed by atoms with Crippen LogP contribution in [-0.2, 0) is 5.41 Å². The number of para-hydroxylation sites is 2. The van der Waals surface area contributed by atoms with Crippen LogP contribution in [0, 0.1) is 0 Å². The lowest BCUT2D eigenvalue weighted by molar-refractivity contribution is 0.174. The van der Waals surface area contributed by atoms with Gasteiger partial charge in [0.25, 0.3) is 0 Å². The van der Waals surface area contributed by atoms with E-state index in [1.54, 1.807) is 7.11 Å². The SMILES string of the molecule is COc1ccccc1C(c1ccc2c(c1)OCO2)(c1ccc[nH]1)c1[nH]c2ccccc2c1-c1ccccc1. The molecule has 186 valence electrons. The van der Waals surface area contributed by atoms with E-state index in [2.05, 4.69) is 88.8 Å². The third-order valence-electron chi connectivity index (χ3n) is 7.46. The Morgan fingerprint density at radius 3 is 2.39 bits per heavy atom. The summed E-state index contributed by atoms with van der Waals surface area (Å²) in [5, 5.41) is 1.15. The minimum atomic E-state index is -0.804. The van der Waals surface area contributed by atoms with Crippen LogP contribution in [0.2, 0.25) is 0 Å². The number of benzene rings is 4. The van der Waals surface area contributed by atoms with Crippen LogP contribution < -0.4 is 14.2 Å². The molecule has 4 aromatic carbocycles. The molecule has 0 fully saturated rings. The van der Waals surface area contributed by atoms with Gasteiger partial charge >= 0.3 is 0 Å². The normalized spacial score (nSPS) is 13.9. The Hall–Kier alpha value is -4.90. The Morgan fingerprint density at radius 2 is 1.55 bits per heavy atom. The summed E-state index contributed by atoms with van der Waals surface area (Å²) < 4.78 is 17.6. The van der Waals surface area contributed by atoms with Crippen LogP contribution >= 0.6 is 0 Å². The number of rotatable bonds is 6. The third kappa shape index (κ3) is 3.25. The molecule has 0 aliphatic carbocycles. The first-order chi connectivity index (χ1) is 18.8. The maximum atomic E-state index is 6.02. The molecule has 0 saturated heterocycles. The molecule has 1 atom stereocenters. The average Bonchev–Trinajstić information content (AvgIpc) is 3.75. The van der Waals surface area contributed by atoms with Crippen molar-refractivity contribution in [3.63, 3.8) is 0 Å². The van der Waals surface area contributed by atoms with Crippen molar-refractivity contribution in [3.8, 4) is 28.4 Å². The monoisotopic (exact) mass is 498 g/mol. The first-order valence-electron chi connectivity index (χ1n) is 12.6. The minimum absolute atomic E-state index is 0.213. The Kier molecular flexibility index (Phi) is 5.22. The fraction of sp³-hybridized carbons (Fsp3) is 0.0909. The second-order valence-electron chi connectivity index (χ2n) is 9.39. The number of methoxy groups -OCH3 is 1. The smallest absolute Gasteiger partial charge is 0.231 e. The third-order valence-corrected chi connectivity index (χ3v) is 7.46. The number of hydrogen-bond acceptors (Lipinski definition) is 3. The van der Waals surface area contributed by atoms with E-state index in [1.807, 2.05) is 36.5 Å². The van der Waals surface area contributed by atoms with Crippen LogP contribution in [0.1, 0.15) is 22.5 Å². The summed E-state index contributed by atoms with van der Waals surface area (Å²) in [6.45, 7) is 0.213. The Morgan fingerprint density at radius 1 is 0.763 bits per heavy atom. The van der Waals surface area contributed by atoms with Crippen LogP contribution in [0.25, 0.3) is 22.0 Å². The molecule has 0 radical (unpaired) electrons. The number of ether oxygens (including phenoxy) is 3. The molecule has 3 heterocycles. The number of aromatic nitrogens is 2. The van der Waals surface area contributed by atoms with Crippen LogP contribution in [0.4, 0.5) is 0 Å². The van der Waals surface area contributed by atoms with Crippen LogP contribution in [0.15, 0.2) is 115 Å². The standard InChI is InChI=1S/C33H26N2O3/c1-36-27-15-8-6-13-25(27)33(30-16-9-19-34-30,23-17-18-28-29(20-23)38-21-37-28)32-31(22-10-3-2-4-11-22)24-12-5-7-14-26(24)35-32/h2-20,34-35H,21H2,1H3. The number of aromatic amines is 2. The molecule has 0 amide bonds. The van der Waals surface area contributed by atoms with E-state index in [1.165, 1.54) is 0 Å². The molecule has 5 nitrogen and oxygen atoms in total. The fourth-order valence-electron chi connectivity index (χ4n) is 5.85. The molecule has 0 saturated carbocycles. The summed E-state index contributed by atoms with van der Waals surface area (Å²) >= 11 is 0. The molecule has 1 aliphatic rings. The van der Waals surface area contributed by atoms with Crippen LogP contribution in [0.3, 0.4) is 0 Å². The summed E-state index contributed by atoms with van der Waals surface area (Å²) in [6, 6.07) is 37.6. The van der Waals surface area contributed by atoms with Gasteiger partial charge in [0.15, 0.2) is 11.5 Å². The van der Waals surface area contributed by atoms with Gasteiger partial charge in [0.1, 0.15) is 11.2 Å². The van der Waals surface area contributed by atoms with Gasteiger partial charge < -0.3 is 24.2 Å². The molecular formula is C33H26N2O3. The molecule has 1 unspecified atom stereocenters. The molecule has 38 heavy (non-hydrogen) atoms. The topological polar surface area (TPSA) is 59.3 Å². The highest BCUT2D eigenvalue weighted by molar-refractivity contribution is 5.99.